The van der Waals surface area contributed by atoms with E-state index >= 15 is 0 Å². The molecule has 0 aliphatic heterocycles. The lowest BCUT2D eigenvalue weighted by Crippen LogP contribution is -2.51. The maximum Gasteiger partial charge on any atom is 0.425 e. The number of amides is 2. The average Bonchev–Trinajstić information content (AvgIpc) is 2.63. The number of carbonyl (C=O) groups is 3. The van der Waals surface area contributed by atoms with E-state index in [4.69, 9.17) is 9.47 Å². The van der Waals surface area contributed by atoms with Crippen LogP contribution in [0.3, 0.4) is 0 Å². The van der Waals surface area contributed by atoms with Crippen LogP contribution in [0.4, 0.5) is 4.79 Å². The molecule has 0 radical (unpaired) electrons. The van der Waals surface area contributed by atoms with E-state index in [2.05, 4.69) is 10.2 Å². The molecule has 1 aromatic rings. The molecule has 0 aliphatic rings. The minimum atomic E-state index is -1.06. The van der Waals surface area contributed by atoms with Gasteiger partial charge in [0, 0.05) is 12.6 Å². The predicted molar refractivity (Wildman–Crippen MR) is 93.8 cm³/mol. The minimum Gasteiger partial charge on any atom is -0.459 e. The van der Waals surface area contributed by atoms with E-state index < -0.39 is 24.1 Å². The highest BCUT2D eigenvalue weighted by molar-refractivity contribution is 5.85. The van der Waals surface area contributed by atoms with Crippen LogP contribution in [0.25, 0.3) is 0 Å². The summed E-state index contributed by atoms with van der Waals surface area (Å²) < 4.78 is 15.1. The molecule has 1 N–H and O–H groups in total. The monoisotopic (exact) mass is 366 g/mol. The van der Waals surface area contributed by atoms with Crippen LogP contribution in [-0.4, -0.2) is 48.8 Å². The molecule has 0 aromatic heterocycles. The van der Waals surface area contributed by atoms with Gasteiger partial charge in [-0.25, -0.2) is 20.0 Å². The predicted octanol–water partition coefficient (Wildman–Crippen LogP) is 2.03. The first-order valence-electron chi connectivity index (χ1n) is 8.37. The number of ether oxygens (including phenoxy) is 3. The molecule has 0 spiro atoms. The average molecular weight is 366 g/mol. The SMILES string of the molecule is CCOC(CC(=O)N(NC(=O)OC)C(C)C)C(=O)OCc1ccccc1. The number of methoxy groups -OCH3 is 1. The van der Waals surface area contributed by atoms with Crippen LogP contribution in [0, 0.1) is 0 Å². The summed E-state index contributed by atoms with van der Waals surface area (Å²) in [5.74, 6) is -1.12. The second-order valence-corrected chi connectivity index (χ2v) is 5.70. The second kappa shape index (κ2) is 11.1. The van der Waals surface area contributed by atoms with Crippen molar-refractivity contribution in [1.82, 2.24) is 10.4 Å². The molecule has 8 heteroatoms. The molecule has 0 saturated carbocycles. The summed E-state index contributed by atoms with van der Waals surface area (Å²) in [5.41, 5.74) is 3.16. The van der Waals surface area contributed by atoms with Crippen LogP contribution in [0.5, 0.6) is 0 Å². The van der Waals surface area contributed by atoms with Gasteiger partial charge in [-0.1, -0.05) is 30.3 Å². The van der Waals surface area contributed by atoms with Crippen molar-refractivity contribution in [2.45, 2.75) is 45.9 Å². The summed E-state index contributed by atoms with van der Waals surface area (Å²) in [6.45, 7) is 5.49. The molecular formula is C18H26N2O6. The van der Waals surface area contributed by atoms with E-state index in [9.17, 15) is 14.4 Å². The zero-order valence-electron chi connectivity index (χ0n) is 15.6. The maximum atomic E-state index is 12.5. The van der Waals surface area contributed by atoms with Gasteiger partial charge in [0.15, 0.2) is 6.10 Å². The Kier molecular flexibility index (Phi) is 9.14. The summed E-state index contributed by atoms with van der Waals surface area (Å²) >= 11 is 0. The molecule has 0 fully saturated rings. The van der Waals surface area contributed by atoms with E-state index in [1.54, 1.807) is 20.8 Å². The molecule has 0 saturated heterocycles. The molecule has 1 unspecified atom stereocenters. The highest BCUT2D eigenvalue weighted by Gasteiger charge is 2.28. The van der Waals surface area contributed by atoms with Gasteiger partial charge < -0.3 is 14.2 Å². The lowest BCUT2D eigenvalue weighted by atomic mass is 10.2. The van der Waals surface area contributed by atoms with Crippen molar-refractivity contribution in [2.24, 2.45) is 0 Å². The van der Waals surface area contributed by atoms with Gasteiger partial charge in [-0.05, 0) is 26.3 Å². The first kappa shape index (κ1) is 21.4. The Morgan fingerprint density at radius 2 is 1.81 bits per heavy atom. The molecule has 8 nitrogen and oxygen atoms in total. The van der Waals surface area contributed by atoms with Crippen molar-refractivity contribution in [1.29, 1.82) is 0 Å². The Bertz CT molecular complexity index is 591. The molecule has 0 heterocycles. The number of nitrogens with one attached hydrogen (secondary N) is 1. The Balaban J connectivity index is 2.70. The number of benzene rings is 1. The van der Waals surface area contributed by atoms with Crippen molar-refractivity contribution in [3.8, 4) is 0 Å². The maximum absolute atomic E-state index is 12.5. The number of hydrogen-bond acceptors (Lipinski definition) is 6. The van der Waals surface area contributed by atoms with Gasteiger partial charge in [0.25, 0.3) is 0 Å². The Morgan fingerprint density at radius 3 is 2.35 bits per heavy atom. The molecular weight excluding hydrogens is 340 g/mol. The molecule has 0 bridgehead atoms. The Hall–Kier alpha value is -2.61. The molecule has 26 heavy (non-hydrogen) atoms. The summed E-state index contributed by atoms with van der Waals surface area (Å²) in [6, 6.07) is 8.87. The van der Waals surface area contributed by atoms with Gasteiger partial charge in [-0.3, -0.25) is 4.79 Å². The highest BCUT2D eigenvalue weighted by atomic mass is 16.6. The van der Waals surface area contributed by atoms with Crippen LogP contribution >= 0.6 is 0 Å². The van der Waals surface area contributed by atoms with Gasteiger partial charge in [-0.2, -0.15) is 0 Å². The summed E-state index contributed by atoms with van der Waals surface area (Å²) in [7, 11) is 1.20. The van der Waals surface area contributed by atoms with E-state index in [0.717, 1.165) is 10.6 Å². The van der Waals surface area contributed by atoms with Gasteiger partial charge >= 0.3 is 12.1 Å². The molecule has 1 rings (SSSR count). The first-order valence-corrected chi connectivity index (χ1v) is 8.37. The van der Waals surface area contributed by atoms with Crippen molar-refractivity contribution >= 4 is 18.0 Å². The Labute approximate surface area is 153 Å². The van der Waals surface area contributed by atoms with Gasteiger partial charge in [-0.15, -0.1) is 0 Å². The van der Waals surface area contributed by atoms with Crippen LogP contribution < -0.4 is 5.43 Å². The van der Waals surface area contributed by atoms with Crippen molar-refractivity contribution < 1.29 is 28.6 Å². The number of rotatable bonds is 8. The van der Waals surface area contributed by atoms with Crippen LogP contribution in [0.1, 0.15) is 32.8 Å². The molecule has 1 atom stereocenters. The normalized spacial score (nSPS) is 11.6. The third-order valence-electron chi connectivity index (χ3n) is 3.40. The van der Waals surface area contributed by atoms with Crippen molar-refractivity contribution in [3.63, 3.8) is 0 Å². The first-order chi connectivity index (χ1) is 12.4. The highest BCUT2D eigenvalue weighted by Crippen LogP contribution is 2.09. The fourth-order valence-corrected chi connectivity index (χ4v) is 2.11. The quantitative estimate of drug-likeness (QED) is 0.559. The summed E-state index contributed by atoms with van der Waals surface area (Å²) in [5, 5.41) is 1.10. The molecule has 0 aliphatic carbocycles. The van der Waals surface area contributed by atoms with Crippen LogP contribution in [0.15, 0.2) is 30.3 Å². The number of hydrazine groups is 1. The number of esters is 1. The summed E-state index contributed by atoms with van der Waals surface area (Å²) in [6.07, 6.45) is -2.09. The minimum absolute atomic E-state index is 0.0890. The van der Waals surface area contributed by atoms with Crippen molar-refractivity contribution in [3.05, 3.63) is 35.9 Å². The van der Waals surface area contributed by atoms with Gasteiger partial charge in [0.2, 0.25) is 5.91 Å². The van der Waals surface area contributed by atoms with Crippen molar-refractivity contribution in [2.75, 3.05) is 13.7 Å². The van der Waals surface area contributed by atoms with Crippen LogP contribution in [0.2, 0.25) is 0 Å². The lowest BCUT2D eigenvalue weighted by Gasteiger charge is -2.27. The third-order valence-corrected chi connectivity index (χ3v) is 3.40. The molecule has 144 valence electrons. The van der Waals surface area contributed by atoms with Gasteiger partial charge in [0.05, 0.1) is 13.5 Å². The smallest absolute Gasteiger partial charge is 0.425 e. The van der Waals surface area contributed by atoms with E-state index in [1.165, 1.54) is 7.11 Å². The lowest BCUT2D eigenvalue weighted by molar-refractivity contribution is -0.162. The molecule has 2 amide bonds. The second-order valence-electron chi connectivity index (χ2n) is 5.70. The van der Waals surface area contributed by atoms with E-state index in [1.807, 2.05) is 30.3 Å². The number of carbonyl (C=O) groups excluding carboxylic acids is 3. The zero-order chi connectivity index (χ0) is 19.5. The fourth-order valence-electron chi connectivity index (χ4n) is 2.11. The topological polar surface area (TPSA) is 94.2 Å². The Morgan fingerprint density at radius 1 is 1.15 bits per heavy atom. The number of nitrogens with zero attached hydrogens (tertiary/aromatic N) is 1. The summed E-state index contributed by atoms with van der Waals surface area (Å²) in [4.78, 5) is 36.1. The molecule has 1 aromatic carbocycles. The number of hydrogen-bond donors (Lipinski definition) is 1. The largest absolute Gasteiger partial charge is 0.459 e. The fraction of sp³-hybridized carbons (Fsp3) is 0.500. The third kappa shape index (κ3) is 7.10. The van der Waals surface area contributed by atoms with Crippen LogP contribution in [-0.2, 0) is 30.4 Å². The van der Waals surface area contributed by atoms with E-state index in [-0.39, 0.29) is 25.7 Å². The zero-order valence-corrected chi connectivity index (χ0v) is 15.6. The standard InChI is InChI=1S/C18H26N2O6/c1-5-25-15(17(22)26-12-14-9-7-6-8-10-14)11-16(21)20(13(2)3)19-18(23)24-4/h6-10,13,15H,5,11-12H2,1-4H3,(H,19,23). The van der Waals surface area contributed by atoms with Gasteiger partial charge in [0.1, 0.15) is 6.61 Å². The van der Waals surface area contributed by atoms with E-state index in [0.29, 0.717) is 0 Å².